The predicted octanol–water partition coefficient (Wildman–Crippen LogP) is 1.44. The number of amides is 1. The first-order valence-electron chi connectivity index (χ1n) is 8.54. The third kappa shape index (κ3) is 4.99. The molecule has 1 fully saturated rings. The van der Waals surface area contributed by atoms with Gasteiger partial charge in [0.1, 0.15) is 11.1 Å². The monoisotopic (exact) mass is 435 g/mol. The van der Waals surface area contributed by atoms with Crippen LogP contribution in [0.15, 0.2) is 40.6 Å². The van der Waals surface area contributed by atoms with Gasteiger partial charge in [-0.05, 0) is 35.7 Å². The van der Waals surface area contributed by atoms with Crippen molar-refractivity contribution in [2.24, 2.45) is 0 Å². The van der Waals surface area contributed by atoms with Crippen LogP contribution in [0.5, 0.6) is 0 Å². The molecule has 11 heteroatoms. The fraction of sp³-hybridized carbons (Fsp3) is 0.278. The van der Waals surface area contributed by atoms with Crippen molar-refractivity contribution < 1.29 is 27.5 Å². The molecular formula is C18H17N3O6S2. The van der Waals surface area contributed by atoms with E-state index in [2.05, 4.69) is 5.32 Å². The zero-order valence-corrected chi connectivity index (χ0v) is 16.8. The summed E-state index contributed by atoms with van der Waals surface area (Å²) in [5.41, 5.74) is 0.444. The summed E-state index contributed by atoms with van der Waals surface area (Å²) >= 11 is 1.19. The molecule has 1 saturated heterocycles. The van der Waals surface area contributed by atoms with Gasteiger partial charge in [0, 0.05) is 13.1 Å². The maximum atomic E-state index is 12.6. The van der Waals surface area contributed by atoms with Crippen LogP contribution < -0.4 is 5.32 Å². The van der Waals surface area contributed by atoms with Crippen molar-refractivity contribution in [3.05, 3.63) is 46.8 Å². The van der Waals surface area contributed by atoms with Gasteiger partial charge in [-0.15, -0.1) is 11.3 Å². The number of carbonyl (C=O) groups is 2. The summed E-state index contributed by atoms with van der Waals surface area (Å²) in [4.78, 5) is 24.1. The Kier molecular flexibility index (Phi) is 6.60. The van der Waals surface area contributed by atoms with Gasteiger partial charge in [0.25, 0.3) is 5.91 Å². The average molecular weight is 435 g/mol. The van der Waals surface area contributed by atoms with E-state index < -0.39 is 28.5 Å². The lowest BCUT2D eigenvalue weighted by Gasteiger charge is -2.26. The molecule has 3 rings (SSSR count). The Morgan fingerprint density at radius 3 is 2.55 bits per heavy atom. The molecule has 0 unspecified atom stereocenters. The smallest absolute Gasteiger partial charge is 0.338 e. The minimum Gasteiger partial charge on any atom is -0.452 e. The van der Waals surface area contributed by atoms with E-state index in [-0.39, 0.29) is 23.5 Å². The summed E-state index contributed by atoms with van der Waals surface area (Å²) in [5, 5.41) is 13.5. The van der Waals surface area contributed by atoms with Crippen LogP contribution in [0.3, 0.4) is 0 Å². The van der Waals surface area contributed by atoms with Crippen LogP contribution in [-0.4, -0.2) is 57.5 Å². The van der Waals surface area contributed by atoms with E-state index in [0.717, 1.165) is 0 Å². The number of sulfonamides is 1. The Morgan fingerprint density at radius 2 is 1.90 bits per heavy atom. The van der Waals surface area contributed by atoms with Gasteiger partial charge in [0.05, 0.1) is 29.2 Å². The van der Waals surface area contributed by atoms with Crippen LogP contribution in [0.1, 0.15) is 15.9 Å². The Hall–Kier alpha value is -2.78. The number of esters is 1. The number of hydrogen-bond acceptors (Lipinski definition) is 8. The van der Waals surface area contributed by atoms with Gasteiger partial charge in [-0.1, -0.05) is 0 Å². The van der Waals surface area contributed by atoms with E-state index >= 15 is 0 Å². The molecule has 0 atom stereocenters. The SMILES string of the molecule is N#Cc1ccsc1NC(=O)COC(=O)c1ccc(S(=O)(=O)N2CCOCC2)cc1. The highest BCUT2D eigenvalue weighted by atomic mass is 32.2. The third-order valence-corrected chi connectivity index (χ3v) is 6.81. The van der Waals surface area contributed by atoms with Crippen molar-refractivity contribution in [1.82, 2.24) is 4.31 Å². The molecule has 2 heterocycles. The Bertz CT molecular complexity index is 1030. The van der Waals surface area contributed by atoms with Gasteiger partial charge in [-0.3, -0.25) is 4.79 Å². The molecule has 1 aromatic heterocycles. The summed E-state index contributed by atoms with van der Waals surface area (Å²) in [5.74, 6) is -1.34. The Morgan fingerprint density at radius 1 is 1.21 bits per heavy atom. The molecule has 0 aliphatic carbocycles. The van der Waals surface area contributed by atoms with Crippen LogP contribution in [0.4, 0.5) is 5.00 Å². The Labute approximate surface area is 171 Å². The lowest BCUT2D eigenvalue weighted by atomic mass is 10.2. The van der Waals surface area contributed by atoms with Gasteiger partial charge < -0.3 is 14.8 Å². The molecule has 0 bridgehead atoms. The molecular weight excluding hydrogens is 418 g/mol. The molecule has 152 valence electrons. The lowest BCUT2D eigenvalue weighted by molar-refractivity contribution is -0.119. The van der Waals surface area contributed by atoms with Gasteiger partial charge in [-0.2, -0.15) is 9.57 Å². The molecule has 0 saturated carbocycles. The number of hydrogen-bond donors (Lipinski definition) is 1. The number of nitrogens with zero attached hydrogens (tertiary/aromatic N) is 2. The minimum absolute atomic E-state index is 0.0652. The molecule has 29 heavy (non-hydrogen) atoms. The number of morpholine rings is 1. The first-order valence-corrected chi connectivity index (χ1v) is 10.9. The van der Waals surface area contributed by atoms with E-state index in [9.17, 15) is 18.0 Å². The largest absolute Gasteiger partial charge is 0.452 e. The molecule has 0 spiro atoms. The fourth-order valence-corrected chi connectivity index (χ4v) is 4.73. The first kappa shape index (κ1) is 20.9. The first-order chi connectivity index (χ1) is 13.9. The molecule has 1 aliphatic rings. The number of thiophene rings is 1. The maximum Gasteiger partial charge on any atom is 0.338 e. The number of rotatable bonds is 6. The molecule has 9 nitrogen and oxygen atoms in total. The standard InChI is InChI=1S/C18H17N3O6S2/c19-11-14-5-10-28-17(14)20-16(22)12-27-18(23)13-1-3-15(4-2-13)29(24,25)21-6-8-26-9-7-21/h1-5,10H,6-9,12H2,(H,20,22). The average Bonchev–Trinajstić information content (AvgIpc) is 3.19. The van der Waals surface area contributed by atoms with Crippen molar-refractivity contribution >= 4 is 38.2 Å². The summed E-state index contributed by atoms with van der Waals surface area (Å²) in [6.45, 7) is 0.702. The number of benzene rings is 1. The quantitative estimate of drug-likeness (QED) is 0.680. The highest BCUT2D eigenvalue weighted by Crippen LogP contribution is 2.22. The van der Waals surface area contributed by atoms with Gasteiger partial charge in [0.15, 0.2) is 6.61 Å². The minimum atomic E-state index is -3.65. The van der Waals surface area contributed by atoms with Crippen molar-refractivity contribution in [3.8, 4) is 6.07 Å². The van der Waals surface area contributed by atoms with E-state index in [0.29, 0.717) is 23.8 Å². The van der Waals surface area contributed by atoms with E-state index in [1.54, 1.807) is 11.4 Å². The second-order valence-corrected chi connectivity index (χ2v) is 8.79. The summed E-state index contributed by atoms with van der Waals surface area (Å²) < 4.78 is 36.6. The van der Waals surface area contributed by atoms with E-state index in [1.807, 2.05) is 6.07 Å². The fourth-order valence-electron chi connectivity index (χ4n) is 2.57. The number of anilines is 1. The van der Waals surface area contributed by atoms with Crippen LogP contribution >= 0.6 is 11.3 Å². The zero-order valence-electron chi connectivity index (χ0n) is 15.2. The van der Waals surface area contributed by atoms with E-state index in [4.69, 9.17) is 14.7 Å². The van der Waals surface area contributed by atoms with Gasteiger partial charge in [0.2, 0.25) is 10.0 Å². The molecule has 1 N–H and O–H groups in total. The van der Waals surface area contributed by atoms with Gasteiger partial charge >= 0.3 is 5.97 Å². The zero-order chi connectivity index (χ0) is 20.9. The number of nitrogens with one attached hydrogen (secondary N) is 1. The van der Waals surface area contributed by atoms with Crippen molar-refractivity contribution in [1.29, 1.82) is 5.26 Å². The van der Waals surface area contributed by atoms with Crippen LogP contribution in [0, 0.1) is 11.3 Å². The van der Waals surface area contributed by atoms with Crippen LogP contribution in [-0.2, 0) is 24.3 Å². The molecule has 1 amide bonds. The number of carbonyl (C=O) groups excluding carboxylic acids is 2. The predicted molar refractivity (Wildman–Crippen MR) is 104 cm³/mol. The summed E-state index contributed by atoms with van der Waals surface area (Å²) in [6.07, 6.45) is 0. The second-order valence-electron chi connectivity index (χ2n) is 5.94. The highest BCUT2D eigenvalue weighted by Gasteiger charge is 2.26. The highest BCUT2D eigenvalue weighted by molar-refractivity contribution is 7.89. The van der Waals surface area contributed by atoms with Crippen molar-refractivity contribution in [2.75, 3.05) is 38.2 Å². The summed E-state index contributed by atoms with van der Waals surface area (Å²) in [6, 6.07) is 8.83. The summed E-state index contributed by atoms with van der Waals surface area (Å²) in [7, 11) is -3.65. The molecule has 0 radical (unpaired) electrons. The van der Waals surface area contributed by atoms with Gasteiger partial charge in [-0.25, -0.2) is 13.2 Å². The van der Waals surface area contributed by atoms with Crippen LogP contribution in [0.2, 0.25) is 0 Å². The third-order valence-electron chi connectivity index (χ3n) is 4.07. The normalized spacial score (nSPS) is 14.7. The maximum absolute atomic E-state index is 12.6. The Balaban J connectivity index is 1.57. The molecule has 1 aromatic carbocycles. The van der Waals surface area contributed by atoms with E-state index in [1.165, 1.54) is 39.9 Å². The molecule has 2 aromatic rings. The lowest BCUT2D eigenvalue weighted by Crippen LogP contribution is -2.40. The number of ether oxygens (including phenoxy) is 2. The van der Waals surface area contributed by atoms with Crippen molar-refractivity contribution in [3.63, 3.8) is 0 Å². The topological polar surface area (TPSA) is 126 Å². The molecule has 1 aliphatic heterocycles. The van der Waals surface area contributed by atoms with Crippen LogP contribution in [0.25, 0.3) is 0 Å². The van der Waals surface area contributed by atoms with Crippen molar-refractivity contribution in [2.45, 2.75) is 4.90 Å². The second kappa shape index (κ2) is 9.15. The number of nitriles is 1.